The van der Waals surface area contributed by atoms with E-state index < -0.39 is 17.9 Å². The van der Waals surface area contributed by atoms with E-state index in [1.165, 1.54) is 7.11 Å². The minimum Gasteiger partial charge on any atom is -0.466 e. The first-order valence-corrected chi connectivity index (χ1v) is 9.32. The number of rotatable bonds is 8. The predicted molar refractivity (Wildman–Crippen MR) is 113 cm³/mol. The third-order valence-electron chi connectivity index (χ3n) is 4.27. The Morgan fingerprint density at radius 3 is 2.40 bits per heavy atom. The van der Waals surface area contributed by atoms with Crippen LogP contribution in [0.5, 0.6) is 0 Å². The number of halogens is 1. The molecule has 1 heterocycles. The highest BCUT2D eigenvalue weighted by atomic mass is 35.5. The molecule has 30 heavy (non-hydrogen) atoms. The van der Waals surface area contributed by atoms with Crippen LogP contribution in [0.25, 0.3) is 0 Å². The average Bonchev–Trinajstić information content (AvgIpc) is 2.67. The molecule has 10 heteroatoms. The Bertz CT molecular complexity index is 808. The largest absolute Gasteiger partial charge is 0.466 e. The van der Waals surface area contributed by atoms with Crippen molar-refractivity contribution in [3.8, 4) is 0 Å². The first-order valence-electron chi connectivity index (χ1n) is 8.94. The molecule has 1 aliphatic heterocycles. The summed E-state index contributed by atoms with van der Waals surface area (Å²) in [4.78, 5) is 25.5. The number of methoxy groups -OCH3 is 1. The van der Waals surface area contributed by atoms with Crippen LogP contribution in [-0.2, 0) is 23.8 Å². The standard InChI is InChI=1S/C20H25ClN2O5.2H2O/c1-4-28-20(25)18-15(11-27-10-9-22)23-12(2)16(19(24)26-3)17(18)13-7-5-6-8-14(13)21;;/h5-8,17,23H,4,9-11,22H2,1-3H3;2*1H2/t17-;;/m0../s1. The van der Waals surface area contributed by atoms with Crippen LogP contribution in [0.4, 0.5) is 0 Å². The van der Waals surface area contributed by atoms with E-state index in [2.05, 4.69) is 5.32 Å². The Labute approximate surface area is 180 Å². The van der Waals surface area contributed by atoms with Crippen LogP contribution in [-0.4, -0.2) is 56.4 Å². The molecule has 0 amide bonds. The zero-order chi connectivity index (χ0) is 20.7. The molecule has 168 valence electrons. The summed E-state index contributed by atoms with van der Waals surface area (Å²) in [7, 11) is 1.29. The summed E-state index contributed by atoms with van der Waals surface area (Å²) in [5, 5.41) is 3.52. The van der Waals surface area contributed by atoms with Crippen molar-refractivity contribution < 1.29 is 34.8 Å². The van der Waals surface area contributed by atoms with Crippen molar-refractivity contribution in [2.75, 3.05) is 33.5 Å². The number of nitrogens with two attached hydrogens (primary N) is 1. The first kappa shape index (κ1) is 27.6. The second-order valence-electron chi connectivity index (χ2n) is 6.06. The van der Waals surface area contributed by atoms with Crippen molar-refractivity contribution in [2.45, 2.75) is 19.8 Å². The quantitative estimate of drug-likeness (QED) is 0.438. The van der Waals surface area contributed by atoms with Gasteiger partial charge in [0, 0.05) is 17.3 Å². The molecule has 0 aliphatic carbocycles. The number of benzene rings is 1. The topological polar surface area (TPSA) is 163 Å². The van der Waals surface area contributed by atoms with Gasteiger partial charge in [0.25, 0.3) is 0 Å². The zero-order valence-corrected chi connectivity index (χ0v) is 18.0. The van der Waals surface area contributed by atoms with E-state index in [0.29, 0.717) is 40.7 Å². The molecule has 9 nitrogen and oxygen atoms in total. The van der Waals surface area contributed by atoms with E-state index in [0.717, 1.165) is 0 Å². The minimum absolute atomic E-state index is 0. The number of carbonyl (C=O) groups is 2. The molecule has 0 radical (unpaired) electrons. The second-order valence-corrected chi connectivity index (χ2v) is 6.47. The number of esters is 2. The molecule has 0 aromatic heterocycles. The third kappa shape index (κ3) is 6.04. The van der Waals surface area contributed by atoms with Crippen LogP contribution in [0.1, 0.15) is 25.3 Å². The molecule has 0 bridgehead atoms. The number of allylic oxidation sites excluding steroid dienone is 1. The molecular formula is C20H29ClN2O7. The SMILES string of the molecule is CCOC(=O)C1=C(COCCN)NC(C)=C(C(=O)OC)[C@@H]1c1ccccc1Cl.O.O. The smallest absolute Gasteiger partial charge is 0.336 e. The van der Waals surface area contributed by atoms with Crippen LogP contribution in [0.3, 0.4) is 0 Å². The Morgan fingerprint density at radius 1 is 1.17 bits per heavy atom. The highest BCUT2D eigenvalue weighted by Gasteiger charge is 2.39. The fourth-order valence-electron chi connectivity index (χ4n) is 3.12. The molecule has 1 aromatic carbocycles. The van der Waals surface area contributed by atoms with Gasteiger partial charge in [-0.1, -0.05) is 29.8 Å². The third-order valence-corrected chi connectivity index (χ3v) is 4.61. The van der Waals surface area contributed by atoms with Crippen molar-refractivity contribution >= 4 is 23.5 Å². The number of carbonyl (C=O) groups excluding carboxylic acids is 2. The maximum Gasteiger partial charge on any atom is 0.336 e. The van der Waals surface area contributed by atoms with Crippen LogP contribution >= 0.6 is 11.6 Å². The maximum absolute atomic E-state index is 12.9. The van der Waals surface area contributed by atoms with Gasteiger partial charge in [-0.05, 0) is 25.5 Å². The predicted octanol–water partition coefficient (Wildman–Crippen LogP) is 0.617. The van der Waals surface area contributed by atoms with Crippen LogP contribution in [0.2, 0.25) is 5.02 Å². The molecule has 7 N–H and O–H groups in total. The van der Waals surface area contributed by atoms with Crippen molar-refractivity contribution in [3.63, 3.8) is 0 Å². The lowest BCUT2D eigenvalue weighted by Crippen LogP contribution is -2.35. The maximum atomic E-state index is 12.9. The Balaban J connectivity index is 0.00000420. The molecule has 0 unspecified atom stereocenters. The van der Waals surface area contributed by atoms with Gasteiger partial charge in [0.15, 0.2) is 0 Å². The van der Waals surface area contributed by atoms with Crippen LogP contribution in [0.15, 0.2) is 46.8 Å². The van der Waals surface area contributed by atoms with Gasteiger partial charge in [-0.15, -0.1) is 0 Å². The molecular weight excluding hydrogens is 416 g/mol. The minimum atomic E-state index is -0.752. The average molecular weight is 445 g/mol. The Hall–Kier alpha value is -2.43. The van der Waals surface area contributed by atoms with Gasteiger partial charge in [-0.25, -0.2) is 9.59 Å². The summed E-state index contributed by atoms with van der Waals surface area (Å²) in [6.07, 6.45) is 0. The van der Waals surface area contributed by atoms with E-state index in [9.17, 15) is 9.59 Å². The fraction of sp³-hybridized carbons (Fsp3) is 0.400. The molecule has 0 saturated carbocycles. The lowest BCUT2D eigenvalue weighted by molar-refractivity contribution is -0.139. The molecule has 1 atom stereocenters. The lowest BCUT2D eigenvalue weighted by atomic mass is 9.80. The van der Waals surface area contributed by atoms with E-state index >= 15 is 0 Å². The molecule has 2 rings (SSSR count). The highest BCUT2D eigenvalue weighted by Crippen LogP contribution is 2.41. The van der Waals surface area contributed by atoms with Gasteiger partial charge in [0.2, 0.25) is 0 Å². The van der Waals surface area contributed by atoms with Gasteiger partial charge in [0.1, 0.15) is 0 Å². The number of ether oxygens (including phenoxy) is 3. The first-order chi connectivity index (χ1) is 13.5. The monoisotopic (exact) mass is 444 g/mol. The highest BCUT2D eigenvalue weighted by molar-refractivity contribution is 6.31. The second kappa shape index (κ2) is 13.0. The Kier molecular flexibility index (Phi) is 11.9. The summed E-state index contributed by atoms with van der Waals surface area (Å²) in [5.41, 5.74) is 7.70. The summed E-state index contributed by atoms with van der Waals surface area (Å²) < 4.78 is 15.8. The molecule has 0 saturated heterocycles. The van der Waals surface area contributed by atoms with Crippen molar-refractivity contribution in [1.29, 1.82) is 0 Å². The fourth-order valence-corrected chi connectivity index (χ4v) is 3.36. The van der Waals surface area contributed by atoms with Crippen molar-refractivity contribution in [3.05, 3.63) is 57.4 Å². The summed E-state index contributed by atoms with van der Waals surface area (Å²) in [5.74, 6) is -1.86. The van der Waals surface area contributed by atoms with Crippen LogP contribution < -0.4 is 11.1 Å². The van der Waals surface area contributed by atoms with Gasteiger partial charge in [-0.2, -0.15) is 0 Å². The number of nitrogens with one attached hydrogen (secondary N) is 1. The van der Waals surface area contributed by atoms with E-state index in [1.54, 1.807) is 38.1 Å². The molecule has 1 aliphatic rings. The van der Waals surface area contributed by atoms with E-state index in [1.807, 2.05) is 0 Å². The van der Waals surface area contributed by atoms with E-state index in [-0.39, 0.29) is 29.7 Å². The van der Waals surface area contributed by atoms with Crippen molar-refractivity contribution in [1.82, 2.24) is 5.32 Å². The van der Waals surface area contributed by atoms with E-state index in [4.69, 9.17) is 31.5 Å². The van der Waals surface area contributed by atoms with Gasteiger partial charge < -0.3 is 36.2 Å². The van der Waals surface area contributed by atoms with Crippen LogP contribution in [0, 0.1) is 0 Å². The number of dihydropyridines is 1. The van der Waals surface area contributed by atoms with Gasteiger partial charge >= 0.3 is 11.9 Å². The normalized spacial score (nSPS) is 15.6. The van der Waals surface area contributed by atoms with Gasteiger partial charge in [-0.3, -0.25) is 0 Å². The van der Waals surface area contributed by atoms with Crippen molar-refractivity contribution in [2.24, 2.45) is 5.73 Å². The summed E-state index contributed by atoms with van der Waals surface area (Å²) in [6, 6.07) is 7.05. The molecule has 0 spiro atoms. The summed E-state index contributed by atoms with van der Waals surface area (Å²) >= 11 is 6.42. The number of hydrogen-bond donors (Lipinski definition) is 2. The lowest BCUT2D eigenvalue weighted by Gasteiger charge is -2.31. The number of hydrogen-bond acceptors (Lipinski definition) is 7. The Morgan fingerprint density at radius 2 is 1.83 bits per heavy atom. The summed E-state index contributed by atoms with van der Waals surface area (Å²) in [6.45, 7) is 4.42. The molecule has 0 fully saturated rings. The zero-order valence-electron chi connectivity index (χ0n) is 17.2. The molecule has 1 aromatic rings. The van der Waals surface area contributed by atoms with Gasteiger partial charge in [0.05, 0.1) is 49.7 Å².